The maximum absolute atomic E-state index is 10.9. The fraction of sp³-hybridized carbons (Fsp3) is 0.391. The first-order chi connectivity index (χ1) is 14.5. The van der Waals surface area contributed by atoms with Crippen molar-refractivity contribution in [3.63, 3.8) is 0 Å². The second-order valence-electron chi connectivity index (χ2n) is 5.84. The summed E-state index contributed by atoms with van der Waals surface area (Å²) in [6, 6.07) is 12.1. The lowest BCUT2D eigenvalue weighted by Gasteiger charge is -2.09. The Kier molecular flexibility index (Phi) is 23.4. The van der Waals surface area contributed by atoms with Crippen LogP contribution in [0.3, 0.4) is 0 Å². The molecule has 30 heavy (non-hydrogen) atoms. The number of nitrogens with zero attached hydrogens (tertiary/aromatic N) is 1. The minimum absolute atomic E-state index is 0.155. The Bertz CT molecular complexity index is 640. The highest BCUT2D eigenvalue weighted by Crippen LogP contribution is 2.13. The molecule has 1 heterocycles. The van der Waals surface area contributed by atoms with Gasteiger partial charge in [-0.3, -0.25) is 10.0 Å². The highest BCUT2D eigenvalue weighted by atomic mass is 16.5. The van der Waals surface area contributed by atoms with Crippen LogP contribution in [0.1, 0.15) is 43.9 Å². The molecule has 168 valence electrons. The molecule has 0 saturated carbocycles. The van der Waals surface area contributed by atoms with E-state index < -0.39 is 0 Å². The summed E-state index contributed by atoms with van der Waals surface area (Å²) in [6.45, 7) is 14.2. The molecule has 0 bridgehead atoms. The van der Waals surface area contributed by atoms with Crippen LogP contribution in [0.25, 0.3) is 0 Å². The standard InChI is InChI=1S/C11H16N2O3.C8H10.C2H6.2CH2O/c1-8(6-10(14)13-15)5-9-3-4-11(16-2)12-7-9;1-7-5-3-4-6-8(7)2;3*1-2/h3-4,7-8,15H,5-6H2,1-2H3,(H,13,14);3-6H,1-2H3;1-2H3;2*1H2. The first kappa shape index (κ1) is 31.6. The van der Waals surface area contributed by atoms with Crippen molar-refractivity contribution in [2.24, 2.45) is 5.92 Å². The van der Waals surface area contributed by atoms with Gasteiger partial charge in [0.25, 0.3) is 0 Å². The third-order valence-electron chi connectivity index (χ3n) is 3.68. The van der Waals surface area contributed by atoms with Gasteiger partial charge in [0.15, 0.2) is 0 Å². The molecule has 0 aliphatic heterocycles. The molecule has 1 atom stereocenters. The molecule has 0 radical (unpaired) electrons. The molecule has 0 saturated heterocycles. The predicted octanol–water partition coefficient (Wildman–Crippen LogP) is 4.12. The van der Waals surface area contributed by atoms with Gasteiger partial charge in [-0.05, 0) is 42.9 Å². The van der Waals surface area contributed by atoms with Gasteiger partial charge in [0, 0.05) is 18.7 Å². The van der Waals surface area contributed by atoms with Gasteiger partial charge in [-0.25, -0.2) is 10.5 Å². The summed E-state index contributed by atoms with van der Waals surface area (Å²) in [5, 5.41) is 8.39. The Hall–Kier alpha value is -3.06. The number of hydrogen-bond donors (Lipinski definition) is 2. The maximum Gasteiger partial charge on any atom is 0.243 e. The number of rotatable bonds is 5. The number of hydrogen-bond acceptors (Lipinski definition) is 6. The molecule has 0 aliphatic rings. The topological polar surface area (TPSA) is 106 Å². The molecule has 2 rings (SSSR count). The van der Waals surface area contributed by atoms with E-state index in [0.29, 0.717) is 12.3 Å². The van der Waals surface area contributed by atoms with E-state index >= 15 is 0 Å². The second kappa shape index (κ2) is 22.2. The van der Waals surface area contributed by atoms with E-state index in [1.165, 1.54) is 11.1 Å². The molecular weight excluding hydrogens is 384 g/mol. The van der Waals surface area contributed by atoms with Crippen LogP contribution in [0.15, 0.2) is 42.6 Å². The fourth-order valence-electron chi connectivity index (χ4n) is 2.15. The van der Waals surface area contributed by atoms with Gasteiger partial charge in [-0.15, -0.1) is 0 Å². The number of hydroxylamine groups is 1. The van der Waals surface area contributed by atoms with Crippen LogP contribution < -0.4 is 10.2 Å². The van der Waals surface area contributed by atoms with Crippen molar-refractivity contribution in [2.75, 3.05) is 7.11 Å². The van der Waals surface area contributed by atoms with E-state index in [2.05, 4.69) is 43.1 Å². The lowest BCUT2D eigenvalue weighted by molar-refractivity contribution is -0.130. The SMILES string of the molecule is C=O.C=O.CC.COc1ccc(CC(C)CC(=O)NO)cn1.Cc1ccccc1C. The highest BCUT2D eigenvalue weighted by Gasteiger charge is 2.09. The van der Waals surface area contributed by atoms with E-state index in [4.69, 9.17) is 19.5 Å². The first-order valence-corrected chi connectivity index (χ1v) is 9.48. The number of carbonyl (C=O) groups excluding carboxylic acids is 3. The molecule has 7 heteroatoms. The molecule has 2 N–H and O–H groups in total. The highest BCUT2D eigenvalue weighted by molar-refractivity contribution is 5.74. The number of methoxy groups -OCH3 is 1. The summed E-state index contributed by atoms with van der Waals surface area (Å²) in [7, 11) is 1.57. The lowest BCUT2D eigenvalue weighted by atomic mass is 9.99. The summed E-state index contributed by atoms with van der Waals surface area (Å²) < 4.78 is 4.95. The zero-order chi connectivity index (χ0) is 23.9. The summed E-state index contributed by atoms with van der Waals surface area (Å²) in [6.07, 6.45) is 2.76. The summed E-state index contributed by atoms with van der Waals surface area (Å²) >= 11 is 0. The van der Waals surface area contributed by atoms with Crippen molar-refractivity contribution < 1.29 is 24.3 Å². The number of nitrogens with one attached hydrogen (secondary N) is 1. The van der Waals surface area contributed by atoms with Crippen molar-refractivity contribution in [3.8, 4) is 5.88 Å². The number of aromatic nitrogens is 1. The van der Waals surface area contributed by atoms with Gasteiger partial charge in [-0.2, -0.15) is 0 Å². The van der Waals surface area contributed by atoms with Crippen LogP contribution in [0.4, 0.5) is 0 Å². The van der Waals surface area contributed by atoms with Crippen molar-refractivity contribution >= 4 is 19.5 Å². The Labute approximate surface area is 180 Å². The number of benzene rings is 1. The van der Waals surface area contributed by atoms with Crippen LogP contribution in [0, 0.1) is 19.8 Å². The maximum atomic E-state index is 10.9. The minimum atomic E-state index is -0.367. The van der Waals surface area contributed by atoms with Crippen LogP contribution >= 0.6 is 0 Å². The van der Waals surface area contributed by atoms with Gasteiger partial charge in [0.05, 0.1) is 7.11 Å². The quantitative estimate of drug-likeness (QED) is 0.557. The lowest BCUT2D eigenvalue weighted by Crippen LogP contribution is -2.21. The molecule has 1 aromatic heterocycles. The predicted molar refractivity (Wildman–Crippen MR) is 120 cm³/mol. The molecule has 2 aromatic rings. The van der Waals surface area contributed by atoms with Gasteiger partial charge in [0.2, 0.25) is 11.8 Å². The zero-order valence-electron chi connectivity index (χ0n) is 19.0. The molecule has 0 aliphatic carbocycles. The average Bonchev–Trinajstić information content (AvgIpc) is 2.80. The van der Waals surface area contributed by atoms with Crippen molar-refractivity contribution in [1.82, 2.24) is 10.5 Å². The van der Waals surface area contributed by atoms with Gasteiger partial charge >= 0.3 is 0 Å². The average molecular weight is 421 g/mol. The summed E-state index contributed by atoms with van der Waals surface area (Å²) in [5.74, 6) is 0.362. The van der Waals surface area contributed by atoms with E-state index in [9.17, 15) is 4.79 Å². The van der Waals surface area contributed by atoms with Crippen LogP contribution in [0.2, 0.25) is 0 Å². The zero-order valence-corrected chi connectivity index (χ0v) is 19.0. The third-order valence-corrected chi connectivity index (χ3v) is 3.68. The molecule has 1 amide bonds. The Morgan fingerprint density at radius 2 is 1.57 bits per heavy atom. The Morgan fingerprint density at radius 1 is 1.07 bits per heavy atom. The molecule has 0 spiro atoms. The van der Waals surface area contributed by atoms with Crippen molar-refractivity contribution in [1.29, 1.82) is 0 Å². The summed E-state index contributed by atoms with van der Waals surface area (Å²) in [5.41, 5.74) is 5.40. The van der Waals surface area contributed by atoms with E-state index in [0.717, 1.165) is 12.0 Å². The van der Waals surface area contributed by atoms with Crippen LogP contribution in [-0.4, -0.2) is 36.8 Å². The summed E-state index contributed by atoms with van der Waals surface area (Å²) in [4.78, 5) is 31.0. The van der Waals surface area contributed by atoms with Crippen LogP contribution in [-0.2, 0) is 20.8 Å². The third kappa shape index (κ3) is 15.9. The molecule has 0 fully saturated rings. The smallest absolute Gasteiger partial charge is 0.243 e. The monoisotopic (exact) mass is 420 g/mol. The number of pyridine rings is 1. The number of carbonyl (C=O) groups is 3. The van der Waals surface area contributed by atoms with Gasteiger partial charge in [-0.1, -0.05) is 51.1 Å². The number of amides is 1. The minimum Gasteiger partial charge on any atom is -0.481 e. The number of ether oxygens (including phenoxy) is 1. The molecular formula is C23H36N2O5. The largest absolute Gasteiger partial charge is 0.481 e. The first-order valence-electron chi connectivity index (χ1n) is 9.48. The molecule has 7 nitrogen and oxygen atoms in total. The fourth-order valence-corrected chi connectivity index (χ4v) is 2.15. The van der Waals surface area contributed by atoms with Crippen LogP contribution in [0.5, 0.6) is 5.88 Å². The Balaban J connectivity index is -0.000000436. The Morgan fingerprint density at radius 3 is 1.90 bits per heavy atom. The number of aryl methyl sites for hydroxylation is 2. The van der Waals surface area contributed by atoms with Gasteiger partial charge in [0.1, 0.15) is 13.6 Å². The van der Waals surface area contributed by atoms with E-state index in [-0.39, 0.29) is 11.8 Å². The molecule has 1 aromatic carbocycles. The normalized spacial score (nSPS) is 9.30. The van der Waals surface area contributed by atoms with E-state index in [1.54, 1.807) is 24.9 Å². The van der Waals surface area contributed by atoms with E-state index in [1.807, 2.05) is 40.4 Å². The second-order valence-corrected chi connectivity index (χ2v) is 5.84. The van der Waals surface area contributed by atoms with Crippen molar-refractivity contribution in [3.05, 3.63) is 59.3 Å². The van der Waals surface area contributed by atoms with Crippen molar-refractivity contribution in [2.45, 2.75) is 47.5 Å². The molecule has 1 unspecified atom stereocenters. The van der Waals surface area contributed by atoms with Gasteiger partial charge < -0.3 is 14.3 Å².